The standard InChI is InChI=1S/C7H5Br3O3/c8-3-1-4(9)5(6(11)12)7(10,13)2-3/h1-2,5,13H,(H,11,12). The molecule has 3 nitrogen and oxygen atoms in total. The fourth-order valence-corrected chi connectivity index (χ4v) is 4.02. The number of alkyl halides is 1. The van der Waals surface area contributed by atoms with Crippen molar-refractivity contribution < 1.29 is 15.0 Å². The molecule has 0 fully saturated rings. The first-order valence-corrected chi connectivity index (χ1v) is 5.62. The number of rotatable bonds is 1. The van der Waals surface area contributed by atoms with Crippen LogP contribution in [-0.2, 0) is 4.79 Å². The molecular weight excluding hydrogens is 372 g/mol. The molecule has 2 atom stereocenters. The molecule has 2 unspecified atom stereocenters. The van der Waals surface area contributed by atoms with Gasteiger partial charge in [-0.3, -0.25) is 4.79 Å². The van der Waals surface area contributed by atoms with Gasteiger partial charge in [0.15, 0.2) is 4.51 Å². The summed E-state index contributed by atoms with van der Waals surface area (Å²) in [5.41, 5.74) is 0. The fourth-order valence-electron chi connectivity index (χ4n) is 1.02. The van der Waals surface area contributed by atoms with Gasteiger partial charge >= 0.3 is 5.97 Å². The van der Waals surface area contributed by atoms with E-state index in [-0.39, 0.29) is 0 Å². The van der Waals surface area contributed by atoms with Crippen molar-refractivity contribution in [2.45, 2.75) is 4.51 Å². The molecule has 0 saturated carbocycles. The molecule has 1 aliphatic rings. The quantitative estimate of drug-likeness (QED) is 0.691. The molecule has 0 amide bonds. The van der Waals surface area contributed by atoms with Crippen molar-refractivity contribution in [1.29, 1.82) is 0 Å². The van der Waals surface area contributed by atoms with E-state index in [0.29, 0.717) is 8.96 Å². The van der Waals surface area contributed by atoms with Gasteiger partial charge in [0.25, 0.3) is 0 Å². The Morgan fingerprint density at radius 2 is 2.08 bits per heavy atom. The summed E-state index contributed by atoms with van der Waals surface area (Å²) in [5, 5.41) is 18.5. The molecule has 13 heavy (non-hydrogen) atoms. The summed E-state index contributed by atoms with van der Waals surface area (Å²) >= 11 is 9.18. The number of carboxylic acid groups (broad SMARTS) is 1. The minimum atomic E-state index is -1.55. The second kappa shape index (κ2) is 3.84. The first-order valence-electron chi connectivity index (χ1n) is 3.24. The van der Waals surface area contributed by atoms with Crippen molar-refractivity contribution >= 4 is 53.8 Å². The largest absolute Gasteiger partial charge is 0.481 e. The van der Waals surface area contributed by atoms with Crippen molar-refractivity contribution in [3.05, 3.63) is 21.1 Å². The number of halogens is 3. The van der Waals surface area contributed by atoms with E-state index in [4.69, 9.17) is 5.11 Å². The molecule has 2 N–H and O–H groups in total. The van der Waals surface area contributed by atoms with Gasteiger partial charge in [-0.15, -0.1) is 0 Å². The van der Waals surface area contributed by atoms with E-state index < -0.39 is 16.4 Å². The molecule has 6 heteroatoms. The molecule has 0 saturated heterocycles. The zero-order valence-corrected chi connectivity index (χ0v) is 10.9. The van der Waals surface area contributed by atoms with Crippen LogP contribution in [0.5, 0.6) is 0 Å². The molecule has 0 aromatic carbocycles. The van der Waals surface area contributed by atoms with Crippen LogP contribution in [0.2, 0.25) is 0 Å². The number of allylic oxidation sites excluding steroid dienone is 2. The maximum absolute atomic E-state index is 10.8. The van der Waals surface area contributed by atoms with E-state index in [2.05, 4.69) is 47.8 Å². The van der Waals surface area contributed by atoms with Crippen LogP contribution in [0, 0.1) is 5.92 Å². The third-order valence-corrected chi connectivity index (χ3v) is 3.38. The highest BCUT2D eigenvalue weighted by molar-refractivity contribution is 9.12. The Morgan fingerprint density at radius 1 is 1.54 bits per heavy atom. The predicted molar refractivity (Wildman–Crippen MR) is 59.0 cm³/mol. The van der Waals surface area contributed by atoms with E-state index in [1.54, 1.807) is 6.08 Å². The summed E-state index contributed by atoms with van der Waals surface area (Å²) in [6, 6.07) is 0. The van der Waals surface area contributed by atoms with Gasteiger partial charge < -0.3 is 10.2 Å². The Balaban J connectivity index is 3.12. The SMILES string of the molecule is O=C(O)C1C(Br)=CC(Br)=CC1(O)Br. The fraction of sp³-hybridized carbons (Fsp3) is 0.286. The number of aliphatic hydroxyl groups is 1. The van der Waals surface area contributed by atoms with Crippen LogP contribution in [-0.4, -0.2) is 20.7 Å². The lowest BCUT2D eigenvalue weighted by Gasteiger charge is -2.28. The zero-order valence-electron chi connectivity index (χ0n) is 6.17. The van der Waals surface area contributed by atoms with Gasteiger partial charge in [0.1, 0.15) is 5.92 Å². The van der Waals surface area contributed by atoms with Gasteiger partial charge in [-0.05, 0) is 28.1 Å². The lowest BCUT2D eigenvalue weighted by molar-refractivity contribution is -0.143. The minimum Gasteiger partial charge on any atom is -0.481 e. The number of carboxylic acids is 1. The molecule has 0 radical (unpaired) electrons. The Hall–Kier alpha value is 0.350. The van der Waals surface area contributed by atoms with Gasteiger partial charge in [0.05, 0.1) is 0 Å². The molecule has 0 aliphatic heterocycles. The van der Waals surface area contributed by atoms with E-state index in [1.807, 2.05) is 0 Å². The summed E-state index contributed by atoms with van der Waals surface area (Å²) in [7, 11) is 0. The van der Waals surface area contributed by atoms with Crippen LogP contribution in [0.1, 0.15) is 0 Å². The Kier molecular flexibility index (Phi) is 3.38. The molecule has 0 heterocycles. The van der Waals surface area contributed by atoms with Crippen LogP contribution in [0.3, 0.4) is 0 Å². The van der Waals surface area contributed by atoms with Gasteiger partial charge in [-0.2, -0.15) is 0 Å². The van der Waals surface area contributed by atoms with E-state index >= 15 is 0 Å². The Morgan fingerprint density at radius 3 is 2.46 bits per heavy atom. The molecule has 0 aromatic heterocycles. The third kappa shape index (κ3) is 2.43. The average molecular weight is 377 g/mol. The lowest BCUT2D eigenvalue weighted by atomic mass is 9.98. The van der Waals surface area contributed by atoms with Crippen molar-refractivity contribution in [3.63, 3.8) is 0 Å². The number of hydrogen-bond donors (Lipinski definition) is 2. The smallest absolute Gasteiger partial charge is 0.315 e. The minimum absolute atomic E-state index is 0.411. The molecule has 0 spiro atoms. The number of hydrogen-bond acceptors (Lipinski definition) is 2. The Bertz CT molecular complexity index is 306. The second-order valence-electron chi connectivity index (χ2n) is 2.56. The molecule has 1 aliphatic carbocycles. The first kappa shape index (κ1) is 11.4. The molecule has 0 bridgehead atoms. The number of carbonyl (C=O) groups is 1. The third-order valence-electron chi connectivity index (χ3n) is 1.54. The zero-order chi connectivity index (χ0) is 10.2. The monoisotopic (exact) mass is 374 g/mol. The summed E-state index contributed by atoms with van der Waals surface area (Å²) in [6.07, 6.45) is 2.98. The first-order chi connectivity index (χ1) is 5.84. The highest BCUT2D eigenvalue weighted by atomic mass is 79.9. The van der Waals surface area contributed by atoms with Crippen molar-refractivity contribution in [2.24, 2.45) is 5.92 Å². The number of aliphatic carboxylic acids is 1. The van der Waals surface area contributed by atoms with Crippen LogP contribution >= 0.6 is 47.8 Å². The van der Waals surface area contributed by atoms with Crippen molar-refractivity contribution in [1.82, 2.24) is 0 Å². The maximum atomic E-state index is 10.8. The lowest BCUT2D eigenvalue weighted by Crippen LogP contribution is -2.37. The molecular formula is C7H5Br3O3. The van der Waals surface area contributed by atoms with Crippen LogP contribution in [0.25, 0.3) is 0 Å². The normalized spacial score (nSPS) is 33.7. The summed E-state index contributed by atoms with van der Waals surface area (Å²) < 4.78 is -0.518. The highest BCUT2D eigenvalue weighted by Crippen LogP contribution is 2.41. The summed E-state index contributed by atoms with van der Waals surface area (Å²) in [6.45, 7) is 0. The second-order valence-corrected chi connectivity index (χ2v) is 5.66. The average Bonchev–Trinajstić information content (AvgIpc) is 1.78. The summed E-state index contributed by atoms with van der Waals surface area (Å²) in [5.74, 6) is -2.12. The molecule has 72 valence electrons. The highest BCUT2D eigenvalue weighted by Gasteiger charge is 2.42. The van der Waals surface area contributed by atoms with Gasteiger partial charge in [0, 0.05) is 8.96 Å². The predicted octanol–water partition coefficient (Wildman–Crippen LogP) is 2.34. The molecule has 1 rings (SSSR count). The van der Waals surface area contributed by atoms with E-state index in [0.717, 1.165) is 0 Å². The van der Waals surface area contributed by atoms with Crippen molar-refractivity contribution in [2.75, 3.05) is 0 Å². The van der Waals surface area contributed by atoms with E-state index in [9.17, 15) is 9.90 Å². The van der Waals surface area contributed by atoms with Gasteiger partial charge in [-0.1, -0.05) is 31.9 Å². The topological polar surface area (TPSA) is 57.5 Å². The Labute approximate surface area is 99.9 Å². The van der Waals surface area contributed by atoms with Crippen LogP contribution in [0.15, 0.2) is 21.1 Å². The molecule has 0 aromatic rings. The van der Waals surface area contributed by atoms with Crippen molar-refractivity contribution in [3.8, 4) is 0 Å². The maximum Gasteiger partial charge on any atom is 0.315 e. The van der Waals surface area contributed by atoms with Crippen LogP contribution < -0.4 is 0 Å². The van der Waals surface area contributed by atoms with Crippen LogP contribution in [0.4, 0.5) is 0 Å². The summed E-state index contributed by atoms with van der Waals surface area (Å²) in [4.78, 5) is 10.8. The van der Waals surface area contributed by atoms with E-state index in [1.165, 1.54) is 6.08 Å². The van der Waals surface area contributed by atoms with Gasteiger partial charge in [0.2, 0.25) is 0 Å². The van der Waals surface area contributed by atoms with Gasteiger partial charge in [-0.25, -0.2) is 0 Å².